The minimum Gasteiger partial charge on any atom is -0.342 e. The quantitative estimate of drug-likeness (QED) is 0.483. The molecule has 4 rings (SSSR count). The van der Waals surface area contributed by atoms with E-state index in [0.717, 1.165) is 25.9 Å². The fourth-order valence-corrected chi connectivity index (χ4v) is 4.42. The number of carbonyl (C=O) groups is 1. The predicted molar refractivity (Wildman–Crippen MR) is 113 cm³/mol. The van der Waals surface area contributed by atoms with Gasteiger partial charge in [-0.15, -0.1) is 0 Å². The van der Waals surface area contributed by atoms with Gasteiger partial charge in [0.05, 0.1) is 22.3 Å². The maximum Gasteiger partial charge on any atom is 0.266 e. The fraction of sp³-hybridized carbons (Fsp3) is 0.318. The highest BCUT2D eigenvalue weighted by Crippen LogP contribution is 2.23. The summed E-state index contributed by atoms with van der Waals surface area (Å²) in [6.07, 6.45) is 2.04. The molecule has 1 saturated heterocycles. The van der Waals surface area contributed by atoms with Gasteiger partial charge >= 0.3 is 0 Å². The predicted octanol–water partition coefficient (Wildman–Crippen LogP) is 3.88. The van der Waals surface area contributed by atoms with Crippen LogP contribution in [0.4, 0.5) is 4.39 Å². The van der Waals surface area contributed by atoms with Crippen LogP contribution in [-0.2, 0) is 4.79 Å². The number of piperidine rings is 1. The number of likely N-dealkylation sites (tertiary alicyclic amines) is 1. The number of para-hydroxylation sites is 1. The normalized spacial score (nSPS) is 15.0. The highest BCUT2D eigenvalue weighted by molar-refractivity contribution is 7.99. The van der Waals surface area contributed by atoms with Gasteiger partial charge in [-0.05, 0) is 55.2 Å². The third kappa shape index (κ3) is 4.19. The first-order chi connectivity index (χ1) is 14.0. The van der Waals surface area contributed by atoms with Crippen LogP contribution in [0.5, 0.6) is 0 Å². The first kappa shape index (κ1) is 19.6. The van der Waals surface area contributed by atoms with E-state index in [4.69, 9.17) is 0 Å². The second-order valence-electron chi connectivity index (χ2n) is 7.38. The molecule has 1 amide bonds. The number of benzene rings is 2. The minimum absolute atomic E-state index is 0.0509. The highest BCUT2D eigenvalue weighted by atomic mass is 32.2. The number of fused-ring (bicyclic) bond motifs is 1. The first-order valence-electron chi connectivity index (χ1n) is 9.71. The van der Waals surface area contributed by atoms with Crippen molar-refractivity contribution in [2.24, 2.45) is 5.92 Å². The van der Waals surface area contributed by atoms with Crippen LogP contribution in [0.1, 0.15) is 19.8 Å². The van der Waals surface area contributed by atoms with Gasteiger partial charge in [-0.3, -0.25) is 14.2 Å². The molecule has 150 valence electrons. The average molecular weight is 412 g/mol. The molecule has 5 nitrogen and oxygen atoms in total. The third-order valence-corrected chi connectivity index (χ3v) is 6.21. The Labute approximate surface area is 172 Å². The Balaban J connectivity index is 1.67. The van der Waals surface area contributed by atoms with E-state index in [1.54, 1.807) is 30.3 Å². The molecular weight excluding hydrogens is 389 g/mol. The van der Waals surface area contributed by atoms with Gasteiger partial charge in [0, 0.05) is 13.1 Å². The first-order valence-corrected chi connectivity index (χ1v) is 10.7. The molecule has 29 heavy (non-hydrogen) atoms. The molecule has 0 spiro atoms. The van der Waals surface area contributed by atoms with Gasteiger partial charge in [-0.1, -0.05) is 30.8 Å². The zero-order valence-electron chi connectivity index (χ0n) is 16.2. The van der Waals surface area contributed by atoms with Crippen LogP contribution < -0.4 is 5.56 Å². The third-order valence-electron chi connectivity index (χ3n) is 5.29. The Hall–Kier alpha value is -2.67. The molecule has 0 N–H and O–H groups in total. The number of hydrogen-bond acceptors (Lipinski definition) is 4. The Morgan fingerprint density at radius 3 is 2.55 bits per heavy atom. The summed E-state index contributed by atoms with van der Waals surface area (Å²) < 4.78 is 14.8. The monoisotopic (exact) mass is 411 g/mol. The molecule has 0 radical (unpaired) electrons. The minimum atomic E-state index is -0.376. The number of aromatic nitrogens is 2. The number of rotatable bonds is 4. The van der Waals surface area contributed by atoms with E-state index in [2.05, 4.69) is 11.9 Å². The maximum absolute atomic E-state index is 13.4. The topological polar surface area (TPSA) is 55.2 Å². The lowest BCUT2D eigenvalue weighted by molar-refractivity contribution is -0.129. The van der Waals surface area contributed by atoms with E-state index in [-0.39, 0.29) is 23.0 Å². The van der Waals surface area contributed by atoms with Crippen molar-refractivity contribution in [2.75, 3.05) is 18.8 Å². The molecule has 1 fully saturated rings. The van der Waals surface area contributed by atoms with Gasteiger partial charge < -0.3 is 4.90 Å². The highest BCUT2D eigenvalue weighted by Gasteiger charge is 2.21. The number of amides is 1. The van der Waals surface area contributed by atoms with Crippen LogP contribution in [0.15, 0.2) is 58.5 Å². The Morgan fingerprint density at radius 1 is 1.14 bits per heavy atom. The molecule has 2 aromatic carbocycles. The molecule has 1 aliphatic heterocycles. The van der Waals surface area contributed by atoms with Gasteiger partial charge in [-0.25, -0.2) is 9.37 Å². The standard InChI is InChI=1S/C22H22FN3O2S/c1-15-10-12-25(13-11-15)20(27)14-29-22-24-19-5-3-2-4-18(19)21(28)26(22)17-8-6-16(23)7-9-17/h2-9,15H,10-14H2,1H3. The van der Waals surface area contributed by atoms with Gasteiger partial charge in [-0.2, -0.15) is 0 Å². The Morgan fingerprint density at radius 2 is 1.83 bits per heavy atom. The van der Waals surface area contributed by atoms with Crippen LogP contribution in [0.25, 0.3) is 16.6 Å². The molecular formula is C22H22FN3O2S. The lowest BCUT2D eigenvalue weighted by atomic mass is 9.99. The average Bonchev–Trinajstić information content (AvgIpc) is 2.73. The van der Waals surface area contributed by atoms with Crippen LogP contribution in [-0.4, -0.2) is 39.2 Å². The van der Waals surface area contributed by atoms with Crippen LogP contribution in [0, 0.1) is 11.7 Å². The molecule has 0 saturated carbocycles. The molecule has 2 heterocycles. The lowest BCUT2D eigenvalue weighted by Gasteiger charge is -2.30. The summed E-state index contributed by atoms with van der Waals surface area (Å²) in [5, 5.41) is 0.913. The summed E-state index contributed by atoms with van der Waals surface area (Å²) in [7, 11) is 0. The van der Waals surface area contributed by atoms with Gasteiger partial charge in [0.2, 0.25) is 5.91 Å². The Kier molecular flexibility index (Phi) is 5.67. The van der Waals surface area contributed by atoms with Crippen molar-refractivity contribution in [3.8, 4) is 5.69 Å². The van der Waals surface area contributed by atoms with Crippen molar-refractivity contribution in [1.29, 1.82) is 0 Å². The SMILES string of the molecule is CC1CCN(C(=O)CSc2nc3ccccc3c(=O)n2-c2ccc(F)cc2)CC1. The summed E-state index contributed by atoms with van der Waals surface area (Å²) in [4.78, 5) is 32.3. The van der Waals surface area contributed by atoms with Crippen molar-refractivity contribution >= 4 is 28.6 Å². The van der Waals surface area contributed by atoms with Crippen molar-refractivity contribution in [3.05, 3.63) is 64.7 Å². The van der Waals surface area contributed by atoms with E-state index in [1.165, 1.54) is 28.5 Å². The molecule has 0 unspecified atom stereocenters. The van der Waals surface area contributed by atoms with Gasteiger partial charge in [0.15, 0.2) is 5.16 Å². The number of carbonyl (C=O) groups excluding carboxylic acids is 1. The molecule has 1 aliphatic rings. The summed E-state index contributed by atoms with van der Waals surface area (Å²) in [6, 6.07) is 12.8. The fourth-order valence-electron chi connectivity index (χ4n) is 3.50. The summed E-state index contributed by atoms with van der Waals surface area (Å²) in [5.41, 5.74) is 0.873. The van der Waals surface area contributed by atoms with Crippen molar-refractivity contribution in [1.82, 2.24) is 14.5 Å². The van der Waals surface area contributed by atoms with Gasteiger partial charge in [0.1, 0.15) is 5.82 Å². The zero-order valence-corrected chi connectivity index (χ0v) is 17.0. The number of thioether (sulfide) groups is 1. The van der Waals surface area contributed by atoms with Gasteiger partial charge in [0.25, 0.3) is 5.56 Å². The summed E-state index contributed by atoms with van der Waals surface area (Å²) in [5.74, 6) is 0.534. The zero-order chi connectivity index (χ0) is 20.4. The van der Waals surface area contributed by atoms with E-state index in [9.17, 15) is 14.0 Å². The summed E-state index contributed by atoms with van der Waals surface area (Å²) in [6.45, 7) is 3.75. The maximum atomic E-state index is 13.4. The number of nitrogens with zero attached hydrogens (tertiary/aromatic N) is 3. The molecule has 0 atom stereocenters. The van der Waals surface area contributed by atoms with E-state index >= 15 is 0 Å². The van der Waals surface area contributed by atoms with Crippen molar-refractivity contribution < 1.29 is 9.18 Å². The molecule has 7 heteroatoms. The van der Waals surface area contributed by atoms with Crippen LogP contribution in [0.3, 0.4) is 0 Å². The number of hydrogen-bond donors (Lipinski definition) is 0. The van der Waals surface area contributed by atoms with Crippen molar-refractivity contribution in [2.45, 2.75) is 24.9 Å². The Bertz CT molecular complexity index is 1090. The second-order valence-corrected chi connectivity index (χ2v) is 8.32. The van der Waals surface area contributed by atoms with Crippen molar-refractivity contribution in [3.63, 3.8) is 0 Å². The molecule has 1 aromatic heterocycles. The lowest BCUT2D eigenvalue weighted by Crippen LogP contribution is -2.39. The second kappa shape index (κ2) is 8.37. The van der Waals surface area contributed by atoms with E-state index in [1.807, 2.05) is 11.0 Å². The largest absolute Gasteiger partial charge is 0.342 e. The molecule has 0 aliphatic carbocycles. The van der Waals surface area contributed by atoms with Crippen LogP contribution >= 0.6 is 11.8 Å². The summed E-state index contributed by atoms with van der Waals surface area (Å²) >= 11 is 1.24. The number of halogens is 1. The van der Waals surface area contributed by atoms with E-state index < -0.39 is 0 Å². The smallest absolute Gasteiger partial charge is 0.266 e. The molecule has 3 aromatic rings. The molecule has 0 bridgehead atoms. The van der Waals surface area contributed by atoms with E-state index in [0.29, 0.717) is 27.7 Å². The van der Waals surface area contributed by atoms with Crippen LogP contribution in [0.2, 0.25) is 0 Å².